The number of carbonyl (C=O) groups is 2. The molecule has 0 saturated carbocycles. The summed E-state index contributed by atoms with van der Waals surface area (Å²) in [5, 5.41) is 0.894. The highest BCUT2D eigenvalue weighted by molar-refractivity contribution is 7.93. The first-order valence-corrected chi connectivity index (χ1v) is 17.4. The van der Waals surface area contributed by atoms with E-state index < -0.39 is 56.0 Å². The quantitative estimate of drug-likeness (QED) is 0.238. The van der Waals surface area contributed by atoms with Crippen molar-refractivity contribution in [2.24, 2.45) is 0 Å². The normalized spacial score (nSPS) is 15.6. The highest BCUT2D eigenvalue weighted by atomic mass is 35.5. The van der Waals surface area contributed by atoms with Crippen molar-refractivity contribution in [3.63, 3.8) is 0 Å². The van der Waals surface area contributed by atoms with E-state index in [1.165, 1.54) is 27.9 Å². The van der Waals surface area contributed by atoms with E-state index in [1.807, 2.05) is 6.08 Å². The molecule has 2 heterocycles. The smallest absolute Gasteiger partial charge is 0.430 e. The largest absolute Gasteiger partial charge is 0.489 e. The standard InChI is InChI=1S/C31H33Cl2F2N3O7S2/c1-30(2,3)44-28(39)37-11-7-8-19(18-9-10-20(32)22(34)12-18)24(37)15-43-25-14-23(35)26(13-21(25)33)47(41,42)38(27-16-46-17-36-27)29(40)45-31(4,5)6/h8-10,12-14,16-17,24H,7,11,15H2,1-6H3. The second-order valence-corrected chi connectivity index (χ2v) is 15.7. The van der Waals surface area contributed by atoms with Gasteiger partial charge in [-0.2, -0.15) is 0 Å². The molecule has 16 heteroatoms. The van der Waals surface area contributed by atoms with Crippen LogP contribution in [0.25, 0.3) is 5.57 Å². The minimum atomic E-state index is -4.93. The van der Waals surface area contributed by atoms with E-state index >= 15 is 4.39 Å². The van der Waals surface area contributed by atoms with E-state index in [0.717, 1.165) is 23.5 Å². The van der Waals surface area contributed by atoms with Crippen LogP contribution >= 0.6 is 34.5 Å². The number of ether oxygens (including phenoxy) is 3. The number of amides is 2. The zero-order valence-corrected chi connectivity index (χ0v) is 29.5. The lowest BCUT2D eigenvalue weighted by Crippen LogP contribution is -2.48. The fourth-order valence-corrected chi connectivity index (χ4v) is 6.87. The molecule has 254 valence electrons. The Labute approximate surface area is 285 Å². The van der Waals surface area contributed by atoms with Crippen molar-refractivity contribution >= 4 is 68.1 Å². The number of thiazole rings is 1. The average molecular weight is 733 g/mol. The van der Waals surface area contributed by atoms with Crippen molar-refractivity contribution in [2.45, 2.75) is 70.1 Å². The molecule has 1 aromatic heterocycles. The Morgan fingerprint density at radius 3 is 2.30 bits per heavy atom. The number of nitrogens with zero attached hydrogens (tertiary/aromatic N) is 3. The topological polar surface area (TPSA) is 115 Å². The zero-order chi connectivity index (χ0) is 34.9. The van der Waals surface area contributed by atoms with Crippen molar-refractivity contribution in [2.75, 3.05) is 17.5 Å². The summed E-state index contributed by atoms with van der Waals surface area (Å²) in [6, 6.07) is 4.92. The summed E-state index contributed by atoms with van der Waals surface area (Å²) in [5.41, 5.74) is 0.346. The first-order valence-electron chi connectivity index (χ1n) is 14.2. The third-order valence-corrected chi connectivity index (χ3v) is 9.30. The molecule has 0 radical (unpaired) electrons. The summed E-state index contributed by atoms with van der Waals surface area (Å²) in [6.45, 7) is 9.69. The number of benzene rings is 2. The van der Waals surface area contributed by atoms with Gasteiger partial charge in [0.2, 0.25) is 0 Å². The van der Waals surface area contributed by atoms with Gasteiger partial charge in [-0.05, 0) is 77.3 Å². The molecule has 0 saturated heterocycles. The number of halogens is 4. The Hall–Kier alpha value is -3.46. The second kappa shape index (κ2) is 14.0. The van der Waals surface area contributed by atoms with Crippen LogP contribution in [0.2, 0.25) is 10.0 Å². The fraction of sp³-hybridized carbons (Fsp3) is 0.387. The predicted octanol–water partition coefficient (Wildman–Crippen LogP) is 8.33. The molecule has 0 fully saturated rings. The number of hydrogen-bond acceptors (Lipinski definition) is 9. The van der Waals surface area contributed by atoms with Crippen molar-refractivity contribution in [3.05, 3.63) is 74.5 Å². The maximum atomic E-state index is 15.6. The molecule has 1 atom stereocenters. The second-order valence-electron chi connectivity index (χ2n) is 12.4. The Bertz CT molecular complexity index is 1790. The van der Waals surface area contributed by atoms with Gasteiger partial charge in [0, 0.05) is 18.0 Å². The maximum absolute atomic E-state index is 15.6. The van der Waals surface area contributed by atoms with Gasteiger partial charge in [0.1, 0.15) is 40.1 Å². The molecular formula is C31H33Cl2F2N3O7S2. The summed E-state index contributed by atoms with van der Waals surface area (Å²) in [5.74, 6) is -2.50. The van der Waals surface area contributed by atoms with Crippen molar-refractivity contribution in [1.29, 1.82) is 0 Å². The Morgan fingerprint density at radius 2 is 1.70 bits per heavy atom. The van der Waals surface area contributed by atoms with Gasteiger partial charge >= 0.3 is 12.2 Å². The van der Waals surface area contributed by atoms with Gasteiger partial charge in [-0.3, -0.25) is 4.90 Å². The lowest BCUT2D eigenvalue weighted by atomic mass is 9.93. The molecule has 3 aromatic rings. The molecular weight excluding hydrogens is 699 g/mol. The Balaban J connectivity index is 1.68. The van der Waals surface area contributed by atoms with Crippen LogP contribution in [0.1, 0.15) is 53.5 Å². The van der Waals surface area contributed by atoms with Crippen LogP contribution in [0.4, 0.5) is 24.2 Å². The minimum absolute atomic E-state index is 0.0840. The number of hydrogen-bond donors (Lipinski definition) is 0. The van der Waals surface area contributed by atoms with Crippen molar-refractivity contribution < 1.29 is 41.0 Å². The molecule has 1 unspecified atom stereocenters. The van der Waals surface area contributed by atoms with Crippen LogP contribution in [0.5, 0.6) is 5.75 Å². The molecule has 0 N–H and O–H groups in total. The summed E-state index contributed by atoms with van der Waals surface area (Å²) in [7, 11) is -4.93. The third kappa shape index (κ3) is 8.72. The van der Waals surface area contributed by atoms with E-state index in [-0.39, 0.29) is 39.1 Å². The third-order valence-electron chi connectivity index (χ3n) is 6.44. The Kier molecular flexibility index (Phi) is 10.8. The van der Waals surface area contributed by atoms with Gasteiger partial charge in [0.05, 0.1) is 21.6 Å². The van der Waals surface area contributed by atoms with Gasteiger partial charge in [-0.1, -0.05) is 35.3 Å². The number of carbonyl (C=O) groups excluding carboxylic acids is 2. The summed E-state index contributed by atoms with van der Waals surface area (Å²) in [4.78, 5) is 30.6. The number of sulfonamides is 1. The number of anilines is 1. The van der Waals surface area contributed by atoms with E-state index in [2.05, 4.69) is 4.98 Å². The Morgan fingerprint density at radius 1 is 1.02 bits per heavy atom. The lowest BCUT2D eigenvalue weighted by Gasteiger charge is -2.37. The molecule has 0 bridgehead atoms. The molecule has 0 aliphatic carbocycles. The van der Waals surface area contributed by atoms with Gasteiger partial charge in [0.25, 0.3) is 10.0 Å². The van der Waals surface area contributed by atoms with Crippen LogP contribution < -0.4 is 9.04 Å². The first-order chi connectivity index (χ1) is 21.8. The van der Waals surface area contributed by atoms with Gasteiger partial charge in [-0.25, -0.2) is 31.8 Å². The lowest BCUT2D eigenvalue weighted by molar-refractivity contribution is 0.0162. The van der Waals surface area contributed by atoms with E-state index in [4.69, 9.17) is 37.4 Å². The number of aromatic nitrogens is 1. The van der Waals surface area contributed by atoms with E-state index in [1.54, 1.807) is 47.6 Å². The predicted molar refractivity (Wildman–Crippen MR) is 176 cm³/mol. The van der Waals surface area contributed by atoms with Crippen LogP contribution in [0, 0.1) is 11.6 Å². The molecule has 4 rings (SSSR count). The maximum Gasteiger partial charge on any atom is 0.430 e. The molecule has 0 spiro atoms. The average Bonchev–Trinajstić information content (AvgIpc) is 3.46. The molecule has 2 amide bonds. The van der Waals surface area contributed by atoms with Gasteiger partial charge < -0.3 is 14.2 Å². The van der Waals surface area contributed by atoms with Crippen LogP contribution in [-0.2, 0) is 19.5 Å². The van der Waals surface area contributed by atoms with Gasteiger partial charge in [0.15, 0.2) is 5.82 Å². The van der Waals surface area contributed by atoms with Crippen LogP contribution in [0.3, 0.4) is 0 Å². The highest BCUT2D eigenvalue weighted by Crippen LogP contribution is 2.36. The monoisotopic (exact) mass is 731 g/mol. The van der Waals surface area contributed by atoms with Crippen LogP contribution in [-0.4, -0.2) is 60.9 Å². The van der Waals surface area contributed by atoms with E-state index in [0.29, 0.717) is 17.6 Å². The molecule has 10 nitrogen and oxygen atoms in total. The molecule has 2 aromatic carbocycles. The van der Waals surface area contributed by atoms with E-state index in [9.17, 15) is 22.4 Å². The minimum Gasteiger partial charge on any atom is -0.489 e. The van der Waals surface area contributed by atoms with Crippen LogP contribution in [0.15, 0.2) is 52.2 Å². The zero-order valence-electron chi connectivity index (χ0n) is 26.3. The summed E-state index contributed by atoms with van der Waals surface area (Å²) >= 11 is 13.3. The van der Waals surface area contributed by atoms with Gasteiger partial charge in [-0.15, -0.1) is 15.6 Å². The van der Waals surface area contributed by atoms with Crippen molar-refractivity contribution in [3.8, 4) is 5.75 Å². The fourth-order valence-electron chi connectivity index (χ4n) is 4.53. The molecule has 1 aliphatic heterocycles. The molecule has 1 aliphatic rings. The van der Waals surface area contributed by atoms with Crippen molar-refractivity contribution in [1.82, 2.24) is 9.88 Å². The summed E-state index contributed by atoms with van der Waals surface area (Å²) < 4.78 is 74.5. The first kappa shape index (κ1) is 36.4. The SMILES string of the molecule is CC(C)(C)OC(=O)N1CCC=C(c2ccc(Cl)c(F)c2)C1COc1cc(F)c(S(=O)(=O)N(C(=O)OC(C)(C)C)c2cscn2)cc1Cl. The number of rotatable bonds is 7. The summed E-state index contributed by atoms with van der Waals surface area (Å²) in [6.07, 6.45) is 0.287. The highest BCUT2D eigenvalue weighted by Gasteiger charge is 2.39. The molecule has 47 heavy (non-hydrogen) atoms.